The summed E-state index contributed by atoms with van der Waals surface area (Å²) in [7, 11) is 3.20. The number of hydrogen-bond donors (Lipinski definition) is 1. The predicted molar refractivity (Wildman–Crippen MR) is 126 cm³/mol. The van der Waals surface area contributed by atoms with Crippen molar-refractivity contribution < 1.29 is 19.0 Å². The van der Waals surface area contributed by atoms with Crippen molar-refractivity contribution in [3.05, 3.63) is 60.4 Å². The first-order chi connectivity index (χ1) is 16.6. The Morgan fingerprint density at radius 3 is 2.59 bits per heavy atom. The Hall–Kier alpha value is -4.14. The van der Waals surface area contributed by atoms with E-state index in [9.17, 15) is 4.79 Å². The van der Waals surface area contributed by atoms with Crippen LogP contribution in [0.2, 0.25) is 0 Å². The molecule has 0 unspecified atom stereocenters. The maximum atomic E-state index is 13.1. The summed E-state index contributed by atoms with van der Waals surface area (Å²) in [5, 5.41) is 7.21. The van der Waals surface area contributed by atoms with E-state index in [4.69, 9.17) is 14.2 Å². The molecule has 0 radical (unpaired) electrons. The molecule has 0 spiro atoms. The van der Waals surface area contributed by atoms with Gasteiger partial charge in [0.25, 0.3) is 5.91 Å². The third kappa shape index (κ3) is 4.36. The number of piperidine rings is 1. The maximum Gasteiger partial charge on any atom is 0.271 e. The number of benzene rings is 2. The van der Waals surface area contributed by atoms with Gasteiger partial charge in [-0.1, -0.05) is 12.1 Å². The van der Waals surface area contributed by atoms with Crippen molar-refractivity contribution in [1.82, 2.24) is 25.1 Å². The second-order valence-electron chi connectivity index (χ2n) is 8.04. The zero-order valence-corrected chi connectivity index (χ0v) is 19.0. The van der Waals surface area contributed by atoms with Gasteiger partial charge in [-0.15, -0.1) is 0 Å². The van der Waals surface area contributed by atoms with Gasteiger partial charge in [0, 0.05) is 31.5 Å². The number of likely N-dealkylation sites (tertiary alicyclic amines) is 1. The largest absolute Gasteiger partial charge is 0.497 e. The second kappa shape index (κ2) is 9.38. The Labute approximate surface area is 196 Å². The van der Waals surface area contributed by atoms with E-state index in [1.54, 1.807) is 26.5 Å². The Balaban J connectivity index is 1.23. The zero-order valence-electron chi connectivity index (χ0n) is 19.0. The summed E-state index contributed by atoms with van der Waals surface area (Å²) in [4.78, 5) is 23.8. The highest BCUT2D eigenvalue weighted by atomic mass is 16.5. The first-order valence-corrected chi connectivity index (χ1v) is 11.1. The Morgan fingerprint density at radius 1 is 1.03 bits per heavy atom. The van der Waals surface area contributed by atoms with Gasteiger partial charge in [-0.05, 0) is 36.4 Å². The number of methoxy groups -OCH3 is 2. The van der Waals surface area contributed by atoms with Gasteiger partial charge in [-0.3, -0.25) is 9.89 Å². The molecule has 1 aliphatic heterocycles. The zero-order chi connectivity index (χ0) is 23.5. The number of fused-ring (bicyclic) bond motifs is 1. The SMILES string of the molecule is COc1ccc(OC)c(-c2cc(C(=O)N3CCC(Oc4cnc5ccccc5n4)CC3)[nH]n2)c1. The number of aromatic nitrogens is 4. The number of aromatic amines is 1. The minimum atomic E-state index is -0.0930. The Kier molecular flexibility index (Phi) is 5.99. The van der Waals surface area contributed by atoms with Crippen LogP contribution in [0.4, 0.5) is 0 Å². The summed E-state index contributed by atoms with van der Waals surface area (Å²) < 4.78 is 16.8. The molecule has 34 heavy (non-hydrogen) atoms. The standard InChI is InChI=1S/C25H25N5O4/c1-32-17-7-8-23(33-2)18(13-17)21-14-22(29-28-21)25(31)30-11-9-16(10-12-30)34-24-15-26-19-5-3-4-6-20(19)27-24/h3-8,13-16H,9-12H2,1-2H3,(H,28,29). The van der Waals surface area contributed by atoms with Crippen LogP contribution in [0.25, 0.3) is 22.3 Å². The third-order valence-corrected chi connectivity index (χ3v) is 5.93. The third-order valence-electron chi connectivity index (χ3n) is 5.93. The lowest BCUT2D eigenvalue weighted by Gasteiger charge is -2.31. The van der Waals surface area contributed by atoms with E-state index in [2.05, 4.69) is 20.2 Å². The van der Waals surface area contributed by atoms with Crippen molar-refractivity contribution in [1.29, 1.82) is 0 Å². The molecular weight excluding hydrogens is 434 g/mol. The molecular formula is C25H25N5O4. The van der Waals surface area contributed by atoms with Crippen molar-refractivity contribution in [2.45, 2.75) is 18.9 Å². The average molecular weight is 460 g/mol. The fourth-order valence-corrected chi connectivity index (χ4v) is 4.10. The van der Waals surface area contributed by atoms with Crippen molar-refractivity contribution in [2.75, 3.05) is 27.3 Å². The molecule has 174 valence electrons. The van der Waals surface area contributed by atoms with Gasteiger partial charge in [-0.25, -0.2) is 9.97 Å². The fraction of sp³-hybridized carbons (Fsp3) is 0.280. The maximum absolute atomic E-state index is 13.1. The molecule has 1 aliphatic rings. The molecule has 2 aromatic carbocycles. The molecule has 0 atom stereocenters. The Morgan fingerprint density at radius 2 is 1.82 bits per heavy atom. The second-order valence-corrected chi connectivity index (χ2v) is 8.04. The first kappa shape index (κ1) is 21.7. The number of nitrogens with zero attached hydrogens (tertiary/aromatic N) is 4. The minimum Gasteiger partial charge on any atom is -0.497 e. The molecule has 1 N–H and O–H groups in total. The summed E-state index contributed by atoms with van der Waals surface area (Å²) in [6, 6.07) is 14.9. The smallest absolute Gasteiger partial charge is 0.271 e. The van der Waals surface area contributed by atoms with Gasteiger partial charge in [0.2, 0.25) is 5.88 Å². The van der Waals surface area contributed by atoms with Crippen LogP contribution in [0.1, 0.15) is 23.3 Å². The molecule has 0 saturated carbocycles. The molecule has 0 aliphatic carbocycles. The Bertz CT molecular complexity index is 1310. The van der Waals surface area contributed by atoms with Gasteiger partial charge in [0.05, 0.1) is 37.1 Å². The number of nitrogens with one attached hydrogen (secondary N) is 1. The van der Waals surface area contributed by atoms with Crippen LogP contribution >= 0.6 is 0 Å². The number of carbonyl (C=O) groups is 1. The van der Waals surface area contributed by atoms with E-state index in [0.29, 0.717) is 54.7 Å². The first-order valence-electron chi connectivity index (χ1n) is 11.1. The summed E-state index contributed by atoms with van der Waals surface area (Å²) >= 11 is 0. The summed E-state index contributed by atoms with van der Waals surface area (Å²) in [6.45, 7) is 1.17. The van der Waals surface area contributed by atoms with Crippen molar-refractivity contribution in [2.24, 2.45) is 0 Å². The molecule has 1 fully saturated rings. The molecule has 1 amide bonds. The van der Waals surface area contributed by atoms with Gasteiger partial charge < -0.3 is 19.1 Å². The number of H-pyrrole nitrogens is 1. The van der Waals surface area contributed by atoms with E-state index in [-0.39, 0.29) is 12.0 Å². The van der Waals surface area contributed by atoms with Crippen LogP contribution < -0.4 is 14.2 Å². The molecule has 9 nitrogen and oxygen atoms in total. The van der Waals surface area contributed by atoms with E-state index < -0.39 is 0 Å². The van der Waals surface area contributed by atoms with Crippen LogP contribution in [0.15, 0.2) is 54.7 Å². The molecule has 3 heterocycles. The number of para-hydroxylation sites is 2. The molecule has 0 bridgehead atoms. The fourth-order valence-electron chi connectivity index (χ4n) is 4.10. The van der Waals surface area contributed by atoms with Gasteiger partial charge in [0.1, 0.15) is 23.3 Å². The number of amides is 1. The number of hydrogen-bond acceptors (Lipinski definition) is 7. The monoisotopic (exact) mass is 459 g/mol. The average Bonchev–Trinajstić information content (AvgIpc) is 3.38. The molecule has 2 aromatic heterocycles. The van der Waals surface area contributed by atoms with Crippen LogP contribution in [0.5, 0.6) is 17.4 Å². The van der Waals surface area contributed by atoms with Crippen molar-refractivity contribution in [3.8, 4) is 28.6 Å². The minimum absolute atomic E-state index is 0.0158. The lowest BCUT2D eigenvalue weighted by molar-refractivity contribution is 0.0582. The normalized spacial score (nSPS) is 14.2. The lowest BCUT2D eigenvalue weighted by atomic mass is 10.1. The lowest BCUT2D eigenvalue weighted by Crippen LogP contribution is -2.42. The predicted octanol–water partition coefficient (Wildman–Crippen LogP) is 3.72. The quantitative estimate of drug-likeness (QED) is 0.469. The van der Waals surface area contributed by atoms with Gasteiger partial charge >= 0.3 is 0 Å². The van der Waals surface area contributed by atoms with Crippen LogP contribution in [0, 0.1) is 0 Å². The molecule has 4 aromatic rings. The summed E-state index contributed by atoms with van der Waals surface area (Å²) in [5.41, 5.74) is 3.43. The highest BCUT2D eigenvalue weighted by Crippen LogP contribution is 2.32. The highest BCUT2D eigenvalue weighted by molar-refractivity contribution is 5.93. The van der Waals surface area contributed by atoms with E-state index in [1.165, 1.54) is 0 Å². The van der Waals surface area contributed by atoms with Crippen LogP contribution in [0.3, 0.4) is 0 Å². The van der Waals surface area contributed by atoms with Gasteiger partial charge in [-0.2, -0.15) is 5.10 Å². The van der Waals surface area contributed by atoms with Gasteiger partial charge in [0.15, 0.2) is 0 Å². The van der Waals surface area contributed by atoms with E-state index >= 15 is 0 Å². The highest BCUT2D eigenvalue weighted by Gasteiger charge is 2.26. The summed E-state index contributed by atoms with van der Waals surface area (Å²) in [5.74, 6) is 1.75. The molecule has 5 rings (SSSR count). The van der Waals surface area contributed by atoms with E-state index in [0.717, 1.165) is 16.6 Å². The van der Waals surface area contributed by atoms with E-state index in [1.807, 2.05) is 47.4 Å². The topological polar surface area (TPSA) is 102 Å². The van der Waals surface area contributed by atoms with Crippen molar-refractivity contribution in [3.63, 3.8) is 0 Å². The number of rotatable bonds is 6. The van der Waals surface area contributed by atoms with Crippen LogP contribution in [-0.4, -0.2) is 64.4 Å². The van der Waals surface area contributed by atoms with Crippen molar-refractivity contribution >= 4 is 16.9 Å². The number of carbonyl (C=O) groups excluding carboxylic acids is 1. The number of ether oxygens (including phenoxy) is 3. The molecule has 1 saturated heterocycles. The molecule has 9 heteroatoms. The van der Waals surface area contributed by atoms with Crippen LogP contribution in [-0.2, 0) is 0 Å². The summed E-state index contributed by atoms with van der Waals surface area (Å²) in [6.07, 6.45) is 3.06.